The van der Waals surface area contributed by atoms with Gasteiger partial charge in [-0.05, 0) is 12.0 Å². The van der Waals surface area contributed by atoms with Gasteiger partial charge in [0.2, 0.25) is 5.88 Å². The second-order valence-corrected chi connectivity index (χ2v) is 6.42. The summed E-state index contributed by atoms with van der Waals surface area (Å²) in [5, 5.41) is 0. The van der Waals surface area contributed by atoms with Gasteiger partial charge in [0.25, 0.3) is 0 Å². The molecule has 18 heavy (non-hydrogen) atoms. The van der Waals surface area contributed by atoms with Gasteiger partial charge in [0.05, 0.1) is 12.9 Å². The predicted molar refractivity (Wildman–Crippen MR) is 68.4 cm³/mol. The van der Waals surface area contributed by atoms with Crippen LogP contribution in [-0.2, 0) is 21.1 Å². The van der Waals surface area contributed by atoms with E-state index in [2.05, 4.69) is 4.98 Å². The van der Waals surface area contributed by atoms with Crippen molar-refractivity contribution in [3.63, 3.8) is 0 Å². The zero-order valence-corrected chi connectivity index (χ0v) is 11.4. The number of pyridine rings is 1. The van der Waals surface area contributed by atoms with E-state index in [1.54, 1.807) is 18.3 Å². The van der Waals surface area contributed by atoms with E-state index in [1.807, 2.05) is 0 Å². The summed E-state index contributed by atoms with van der Waals surface area (Å²) in [7, 11) is -1.46. The van der Waals surface area contributed by atoms with E-state index in [4.69, 9.17) is 4.74 Å². The molecule has 0 radical (unpaired) electrons. The highest BCUT2D eigenvalue weighted by Crippen LogP contribution is 2.08. The van der Waals surface area contributed by atoms with Crippen LogP contribution < -0.4 is 4.74 Å². The minimum absolute atomic E-state index is 0.0191. The Hall–Kier alpha value is -1.43. The lowest BCUT2D eigenvalue weighted by Gasteiger charge is -2.02. The lowest BCUT2D eigenvalue weighted by atomic mass is 10.1. The van der Waals surface area contributed by atoms with Crippen LogP contribution in [-0.4, -0.2) is 38.3 Å². The fourth-order valence-electron chi connectivity index (χ4n) is 1.48. The number of hydrogen-bond acceptors (Lipinski definition) is 5. The molecule has 0 aromatic carbocycles. The van der Waals surface area contributed by atoms with Crippen LogP contribution in [0.4, 0.5) is 0 Å². The molecule has 0 bridgehead atoms. The van der Waals surface area contributed by atoms with Crippen LogP contribution in [0.2, 0.25) is 0 Å². The summed E-state index contributed by atoms with van der Waals surface area (Å²) in [5.74, 6) is 0.577. The average molecular weight is 271 g/mol. The largest absolute Gasteiger partial charge is 0.481 e. The minimum Gasteiger partial charge on any atom is -0.481 e. The molecule has 0 aliphatic rings. The minimum atomic E-state index is -2.98. The van der Waals surface area contributed by atoms with Crippen molar-refractivity contribution < 1.29 is 17.9 Å². The number of rotatable bonds is 7. The van der Waals surface area contributed by atoms with Crippen LogP contribution in [0.3, 0.4) is 0 Å². The Kier molecular flexibility index (Phi) is 5.27. The number of carbonyl (C=O) groups is 1. The molecule has 6 heteroatoms. The van der Waals surface area contributed by atoms with E-state index in [0.29, 0.717) is 12.3 Å². The average Bonchev–Trinajstić information content (AvgIpc) is 2.28. The van der Waals surface area contributed by atoms with E-state index in [0.717, 1.165) is 5.56 Å². The molecular weight excluding hydrogens is 254 g/mol. The smallest absolute Gasteiger partial charge is 0.212 e. The van der Waals surface area contributed by atoms with Crippen LogP contribution in [0.15, 0.2) is 18.3 Å². The van der Waals surface area contributed by atoms with Crippen LogP contribution >= 0.6 is 0 Å². The number of methoxy groups -OCH3 is 1. The molecule has 0 aliphatic carbocycles. The Morgan fingerprint density at radius 2 is 2.11 bits per heavy atom. The second-order valence-electron chi connectivity index (χ2n) is 4.16. The summed E-state index contributed by atoms with van der Waals surface area (Å²) in [6.45, 7) is 0. The van der Waals surface area contributed by atoms with Crippen molar-refractivity contribution in [2.24, 2.45) is 0 Å². The monoisotopic (exact) mass is 271 g/mol. The first-order valence-electron chi connectivity index (χ1n) is 5.59. The summed E-state index contributed by atoms with van der Waals surface area (Å²) in [5.41, 5.74) is 0.806. The second kappa shape index (κ2) is 6.49. The zero-order valence-electron chi connectivity index (χ0n) is 10.5. The Labute approximate surface area is 107 Å². The highest BCUT2D eigenvalue weighted by molar-refractivity contribution is 7.90. The Bertz CT molecular complexity index is 493. The number of ether oxygens (including phenoxy) is 1. The Balaban J connectivity index is 2.39. The molecule has 0 N–H and O–H groups in total. The lowest BCUT2D eigenvalue weighted by Crippen LogP contribution is -2.08. The molecule has 1 aromatic rings. The molecule has 0 saturated heterocycles. The maximum atomic E-state index is 11.6. The maximum Gasteiger partial charge on any atom is 0.212 e. The highest BCUT2D eigenvalue weighted by atomic mass is 32.2. The van der Waals surface area contributed by atoms with Gasteiger partial charge in [0.1, 0.15) is 15.6 Å². The van der Waals surface area contributed by atoms with Gasteiger partial charge in [-0.25, -0.2) is 13.4 Å². The van der Waals surface area contributed by atoms with Crippen LogP contribution in [0.5, 0.6) is 5.88 Å². The fourth-order valence-corrected chi connectivity index (χ4v) is 2.15. The van der Waals surface area contributed by atoms with E-state index in [-0.39, 0.29) is 24.4 Å². The molecule has 1 aromatic heterocycles. The predicted octanol–water partition coefficient (Wildman–Crippen LogP) is 1.03. The van der Waals surface area contributed by atoms with Crippen molar-refractivity contribution in [3.05, 3.63) is 23.9 Å². The van der Waals surface area contributed by atoms with Crippen LogP contribution in [0.1, 0.15) is 18.4 Å². The standard InChI is InChI=1S/C12H17NO4S/c1-17-12-6-5-10(9-13-12)8-11(14)4-3-7-18(2,15)16/h5-6,9H,3-4,7-8H2,1-2H3. The number of sulfone groups is 1. The van der Waals surface area contributed by atoms with Gasteiger partial charge in [-0.1, -0.05) is 6.07 Å². The van der Waals surface area contributed by atoms with E-state index >= 15 is 0 Å². The van der Waals surface area contributed by atoms with E-state index in [9.17, 15) is 13.2 Å². The van der Waals surface area contributed by atoms with Crippen molar-refractivity contribution in [1.82, 2.24) is 4.98 Å². The first-order valence-corrected chi connectivity index (χ1v) is 7.65. The van der Waals surface area contributed by atoms with Gasteiger partial charge >= 0.3 is 0 Å². The number of carbonyl (C=O) groups excluding carboxylic acids is 1. The van der Waals surface area contributed by atoms with Crippen molar-refractivity contribution in [3.8, 4) is 5.88 Å². The summed E-state index contributed by atoms with van der Waals surface area (Å²) in [6, 6.07) is 3.47. The topological polar surface area (TPSA) is 73.3 Å². The first-order chi connectivity index (χ1) is 8.40. The summed E-state index contributed by atoms with van der Waals surface area (Å²) >= 11 is 0. The number of Topliss-reactive ketones (excluding diaryl/α,β-unsaturated/α-hetero) is 1. The first kappa shape index (κ1) is 14.6. The molecule has 0 aliphatic heterocycles. The molecule has 1 rings (SSSR count). The van der Waals surface area contributed by atoms with Crippen LogP contribution in [0, 0.1) is 0 Å². The SMILES string of the molecule is COc1ccc(CC(=O)CCCS(C)(=O)=O)cn1. The molecular formula is C12H17NO4S. The number of nitrogens with zero attached hydrogens (tertiary/aromatic N) is 1. The normalized spacial score (nSPS) is 11.2. The van der Waals surface area contributed by atoms with E-state index < -0.39 is 9.84 Å². The molecule has 100 valence electrons. The summed E-state index contributed by atoms with van der Waals surface area (Å²) < 4.78 is 26.7. The molecule has 0 amide bonds. The number of aromatic nitrogens is 1. The van der Waals surface area contributed by atoms with Gasteiger partial charge in [-0.3, -0.25) is 4.79 Å². The summed E-state index contributed by atoms with van der Waals surface area (Å²) in [6.07, 6.45) is 3.69. The molecule has 0 spiro atoms. The molecule has 0 saturated carbocycles. The third-order valence-corrected chi connectivity index (χ3v) is 3.41. The van der Waals surface area contributed by atoms with Crippen molar-refractivity contribution in [1.29, 1.82) is 0 Å². The Morgan fingerprint density at radius 3 is 2.61 bits per heavy atom. The van der Waals surface area contributed by atoms with Gasteiger partial charge in [-0.15, -0.1) is 0 Å². The van der Waals surface area contributed by atoms with Gasteiger partial charge in [0.15, 0.2) is 0 Å². The highest BCUT2D eigenvalue weighted by Gasteiger charge is 2.07. The lowest BCUT2D eigenvalue weighted by molar-refractivity contribution is -0.118. The van der Waals surface area contributed by atoms with Crippen molar-refractivity contribution in [2.75, 3.05) is 19.1 Å². The van der Waals surface area contributed by atoms with E-state index in [1.165, 1.54) is 13.4 Å². The van der Waals surface area contributed by atoms with Gasteiger partial charge in [-0.2, -0.15) is 0 Å². The molecule has 1 heterocycles. The van der Waals surface area contributed by atoms with Crippen molar-refractivity contribution in [2.45, 2.75) is 19.3 Å². The number of ketones is 1. The zero-order chi connectivity index (χ0) is 13.6. The number of hydrogen-bond donors (Lipinski definition) is 0. The third-order valence-electron chi connectivity index (χ3n) is 2.38. The molecule has 5 nitrogen and oxygen atoms in total. The maximum absolute atomic E-state index is 11.6. The Morgan fingerprint density at radius 1 is 1.39 bits per heavy atom. The van der Waals surface area contributed by atoms with Gasteiger partial charge in [0, 0.05) is 31.4 Å². The fraction of sp³-hybridized carbons (Fsp3) is 0.500. The van der Waals surface area contributed by atoms with Gasteiger partial charge < -0.3 is 4.74 Å². The quantitative estimate of drug-likeness (QED) is 0.740. The molecule has 0 unspecified atom stereocenters. The van der Waals surface area contributed by atoms with Crippen molar-refractivity contribution >= 4 is 15.6 Å². The van der Waals surface area contributed by atoms with Crippen LogP contribution in [0.25, 0.3) is 0 Å². The molecule has 0 atom stereocenters. The molecule has 0 fully saturated rings. The third kappa shape index (κ3) is 5.77. The summed E-state index contributed by atoms with van der Waals surface area (Å²) in [4.78, 5) is 15.6.